The SMILES string of the molecule is Cc1ccc(C(=O)NC(C)(CN)C(C)C)cc1NC(=O)c1ccccc1. The highest BCUT2D eigenvalue weighted by molar-refractivity contribution is 6.05. The van der Waals surface area contributed by atoms with Crippen LogP contribution < -0.4 is 16.4 Å². The number of nitrogens with two attached hydrogens (primary N) is 1. The summed E-state index contributed by atoms with van der Waals surface area (Å²) in [5, 5.41) is 5.89. The summed E-state index contributed by atoms with van der Waals surface area (Å²) in [4.78, 5) is 25.0. The second-order valence-electron chi connectivity index (χ2n) is 7.08. The van der Waals surface area contributed by atoms with Crippen molar-refractivity contribution in [3.63, 3.8) is 0 Å². The molecule has 2 amide bonds. The molecule has 0 aliphatic heterocycles. The molecule has 0 aliphatic carbocycles. The Labute approximate surface area is 155 Å². The molecule has 0 spiro atoms. The molecule has 2 rings (SSSR count). The molecular formula is C21H27N3O2. The summed E-state index contributed by atoms with van der Waals surface area (Å²) in [6, 6.07) is 14.2. The third-order valence-corrected chi connectivity index (χ3v) is 4.88. The zero-order valence-electron chi connectivity index (χ0n) is 15.8. The van der Waals surface area contributed by atoms with Gasteiger partial charge in [0.1, 0.15) is 0 Å². The van der Waals surface area contributed by atoms with E-state index in [0.29, 0.717) is 23.4 Å². The molecule has 4 N–H and O–H groups in total. The highest BCUT2D eigenvalue weighted by Gasteiger charge is 2.29. The number of hydrogen-bond acceptors (Lipinski definition) is 3. The fourth-order valence-electron chi connectivity index (χ4n) is 2.44. The van der Waals surface area contributed by atoms with Crippen LogP contribution in [0.15, 0.2) is 48.5 Å². The maximum absolute atomic E-state index is 12.7. The maximum Gasteiger partial charge on any atom is 0.255 e. The standard InChI is InChI=1S/C21H27N3O2/c1-14(2)21(4,13-22)24-20(26)17-11-10-15(3)18(12-17)23-19(25)16-8-6-5-7-9-16/h5-12,14H,13,22H2,1-4H3,(H,23,25)(H,24,26). The normalized spacial score (nSPS) is 13.2. The lowest BCUT2D eigenvalue weighted by Gasteiger charge is -2.33. The number of rotatable bonds is 6. The maximum atomic E-state index is 12.7. The predicted octanol–water partition coefficient (Wildman–Crippen LogP) is 3.35. The lowest BCUT2D eigenvalue weighted by atomic mass is 9.88. The quantitative estimate of drug-likeness (QED) is 0.744. The van der Waals surface area contributed by atoms with Crippen LogP contribution in [0.3, 0.4) is 0 Å². The average molecular weight is 353 g/mol. The van der Waals surface area contributed by atoms with Crippen LogP contribution >= 0.6 is 0 Å². The molecule has 0 aliphatic rings. The molecule has 138 valence electrons. The van der Waals surface area contributed by atoms with E-state index in [0.717, 1.165) is 5.56 Å². The molecule has 0 saturated carbocycles. The minimum atomic E-state index is -0.491. The molecule has 1 atom stereocenters. The van der Waals surface area contributed by atoms with Crippen molar-refractivity contribution < 1.29 is 9.59 Å². The van der Waals surface area contributed by atoms with Crippen molar-refractivity contribution in [1.82, 2.24) is 5.32 Å². The molecule has 5 nitrogen and oxygen atoms in total. The summed E-state index contributed by atoms with van der Waals surface area (Å²) < 4.78 is 0. The van der Waals surface area contributed by atoms with Crippen LogP contribution in [0.5, 0.6) is 0 Å². The van der Waals surface area contributed by atoms with Crippen molar-refractivity contribution in [3.05, 3.63) is 65.2 Å². The van der Waals surface area contributed by atoms with Crippen LogP contribution in [0.25, 0.3) is 0 Å². The summed E-state index contributed by atoms with van der Waals surface area (Å²) in [6.07, 6.45) is 0. The lowest BCUT2D eigenvalue weighted by Crippen LogP contribution is -2.55. The van der Waals surface area contributed by atoms with Crippen molar-refractivity contribution in [2.75, 3.05) is 11.9 Å². The van der Waals surface area contributed by atoms with Crippen LogP contribution in [0.4, 0.5) is 5.69 Å². The molecule has 2 aromatic rings. The number of amides is 2. The number of nitrogens with one attached hydrogen (secondary N) is 2. The summed E-state index contributed by atoms with van der Waals surface area (Å²) in [6.45, 7) is 8.21. The Morgan fingerprint density at radius 1 is 1.04 bits per heavy atom. The van der Waals surface area contributed by atoms with Gasteiger partial charge in [-0.25, -0.2) is 0 Å². The summed E-state index contributed by atoms with van der Waals surface area (Å²) in [5.41, 5.74) is 7.91. The van der Waals surface area contributed by atoms with Gasteiger partial charge in [0, 0.05) is 23.4 Å². The van der Waals surface area contributed by atoms with E-state index in [2.05, 4.69) is 10.6 Å². The molecule has 0 saturated heterocycles. The Bertz CT molecular complexity index is 787. The second-order valence-corrected chi connectivity index (χ2v) is 7.08. The van der Waals surface area contributed by atoms with E-state index in [1.807, 2.05) is 52.0 Å². The van der Waals surface area contributed by atoms with E-state index in [1.54, 1.807) is 24.3 Å². The van der Waals surface area contributed by atoms with Crippen LogP contribution in [-0.2, 0) is 0 Å². The number of aryl methyl sites for hydroxylation is 1. The number of hydrogen-bond donors (Lipinski definition) is 3. The van der Waals surface area contributed by atoms with E-state index in [4.69, 9.17) is 5.73 Å². The van der Waals surface area contributed by atoms with Crippen LogP contribution in [-0.4, -0.2) is 23.9 Å². The predicted molar refractivity (Wildman–Crippen MR) is 105 cm³/mol. The minimum Gasteiger partial charge on any atom is -0.345 e. The fraction of sp³-hybridized carbons (Fsp3) is 0.333. The topological polar surface area (TPSA) is 84.2 Å². The number of anilines is 1. The van der Waals surface area contributed by atoms with Crippen LogP contribution in [0, 0.1) is 12.8 Å². The largest absolute Gasteiger partial charge is 0.345 e. The van der Waals surface area contributed by atoms with E-state index >= 15 is 0 Å². The molecule has 5 heteroatoms. The van der Waals surface area contributed by atoms with Crippen molar-refractivity contribution in [1.29, 1.82) is 0 Å². The Balaban J connectivity index is 2.21. The van der Waals surface area contributed by atoms with Gasteiger partial charge in [0.2, 0.25) is 0 Å². The second kappa shape index (κ2) is 8.15. The molecule has 2 aromatic carbocycles. The first-order chi connectivity index (χ1) is 12.3. The van der Waals surface area contributed by atoms with Crippen LogP contribution in [0.2, 0.25) is 0 Å². The molecule has 1 unspecified atom stereocenters. The minimum absolute atomic E-state index is 0.194. The Kier molecular flexibility index (Phi) is 6.16. The smallest absolute Gasteiger partial charge is 0.255 e. The number of carbonyl (C=O) groups excluding carboxylic acids is 2. The van der Waals surface area contributed by atoms with Crippen molar-refractivity contribution in [3.8, 4) is 0 Å². The van der Waals surface area contributed by atoms with Gasteiger partial charge in [0.25, 0.3) is 11.8 Å². The fourth-order valence-corrected chi connectivity index (χ4v) is 2.44. The van der Waals surface area contributed by atoms with Gasteiger partial charge in [-0.05, 0) is 49.6 Å². The average Bonchev–Trinajstić information content (AvgIpc) is 2.63. The summed E-state index contributed by atoms with van der Waals surface area (Å²) in [7, 11) is 0. The first-order valence-electron chi connectivity index (χ1n) is 8.76. The molecule has 0 fully saturated rings. The van der Waals surface area contributed by atoms with Gasteiger partial charge >= 0.3 is 0 Å². The van der Waals surface area contributed by atoms with Crippen LogP contribution in [0.1, 0.15) is 47.1 Å². The van der Waals surface area contributed by atoms with E-state index < -0.39 is 5.54 Å². The first-order valence-corrected chi connectivity index (χ1v) is 8.76. The van der Waals surface area contributed by atoms with Gasteiger partial charge in [-0.1, -0.05) is 38.1 Å². The van der Waals surface area contributed by atoms with E-state index in [-0.39, 0.29) is 17.7 Å². The first kappa shape index (κ1) is 19.7. The van der Waals surface area contributed by atoms with Gasteiger partial charge in [-0.15, -0.1) is 0 Å². The Hall–Kier alpha value is -2.66. The Morgan fingerprint density at radius 3 is 2.27 bits per heavy atom. The monoisotopic (exact) mass is 353 g/mol. The number of benzene rings is 2. The lowest BCUT2D eigenvalue weighted by molar-refractivity contribution is 0.0882. The molecule has 0 bridgehead atoms. The molecule has 26 heavy (non-hydrogen) atoms. The van der Waals surface area contributed by atoms with Crippen molar-refractivity contribution >= 4 is 17.5 Å². The van der Waals surface area contributed by atoms with Gasteiger partial charge in [-0.2, -0.15) is 0 Å². The zero-order chi connectivity index (χ0) is 19.3. The van der Waals surface area contributed by atoms with Gasteiger partial charge in [0.05, 0.1) is 5.54 Å². The molecular weight excluding hydrogens is 326 g/mol. The third kappa shape index (κ3) is 4.49. The van der Waals surface area contributed by atoms with Gasteiger partial charge in [0.15, 0.2) is 0 Å². The Morgan fingerprint density at radius 2 is 1.69 bits per heavy atom. The third-order valence-electron chi connectivity index (χ3n) is 4.88. The van der Waals surface area contributed by atoms with Crippen molar-refractivity contribution in [2.45, 2.75) is 33.2 Å². The van der Waals surface area contributed by atoms with E-state index in [1.165, 1.54) is 0 Å². The zero-order valence-corrected chi connectivity index (χ0v) is 15.8. The van der Waals surface area contributed by atoms with Gasteiger partial charge in [-0.3, -0.25) is 9.59 Å². The highest BCUT2D eigenvalue weighted by atomic mass is 16.2. The van der Waals surface area contributed by atoms with E-state index in [9.17, 15) is 9.59 Å². The summed E-state index contributed by atoms with van der Waals surface area (Å²) in [5.74, 6) is -0.221. The van der Waals surface area contributed by atoms with Crippen molar-refractivity contribution in [2.24, 2.45) is 11.7 Å². The summed E-state index contributed by atoms with van der Waals surface area (Å²) >= 11 is 0. The van der Waals surface area contributed by atoms with Gasteiger partial charge < -0.3 is 16.4 Å². The number of carbonyl (C=O) groups is 2. The molecule has 0 aromatic heterocycles. The molecule has 0 radical (unpaired) electrons. The molecule has 0 heterocycles. The highest BCUT2D eigenvalue weighted by Crippen LogP contribution is 2.20.